The van der Waals surface area contributed by atoms with E-state index in [4.69, 9.17) is 10.7 Å². The topological polar surface area (TPSA) is 82.8 Å². The predicted octanol–water partition coefficient (Wildman–Crippen LogP) is 2.96. The van der Waals surface area contributed by atoms with Gasteiger partial charge >= 0.3 is 0 Å². The summed E-state index contributed by atoms with van der Waals surface area (Å²) in [6, 6.07) is 4.38. The molecule has 8 heteroatoms. The van der Waals surface area contributed by atoms with Crippen LogP contribution in [0.3, 0.4) is 0 Å². The summed E-state index contributed by atoms with van der Waals surface area (Å²) in [4.78, 5) is 21.1. The Labute approximate surface area is 190 Å². The minimum absolute atomic E-state index is 0. The molecule has 0 spiro atoms. The van der Waals surface area contributed by atoms with Crippen LogP contribution < -0.4 is 16.4 Å². The van der Waals surface area contributed by atoms with Gasteiger partial charge in [-0.3, -0.25) is 4.79 Å². The second kappa shape index (κ2) is 14.2. The summed E-state index contributed by atoms with van der Waals surface area (Å²) in [6.07, 6.45) is 5.17. The minimum Gasteiger partial charge on any atom is -0.369 e. The fraction of sp³-hybridized carbons (Fsp3) is 0.700. The summed E-state index contributed by atoms with van der Waals surface area (Å²) < 4.78 is 0. The Kier molecular flexibility index (Phi) is 12.7. The number of nitrogens with two attached hydrogens (primary N) is 1. The summed E-state index contributed by atoms with van der Waals surface area (Å²) in [5.41, 5.74) is 5.39. The lowest BCUT2D eigenvalue weighted by atomic mass is 9.96. The number of carbonyl (C=O) groups is 1. The van der Waals surface area contributed by atoms with Crippen LogP contribution in [0, 0.1) is 5.92 Å². The van der Waals surface area contributed by atoms with Crippen molar-refractivity contribution in [1.82, 2.24) is 15.5 Å². The van der Waals surface area contributed by atoms with Crippen molar-refractivity contribution in [2.24, 2.45) is 16.6 Å². The molecule has 0 aromatic carbocycles. The van der Waals surface area contributed by atoms with Gasteiger partial charge in [-0.15, -0.1) is 35.3 Å². The van der Waals surface area contributed by atoms with E-state index in [0.717, 1.165) is 77.3 Å². The van der Waals surface area contributed by atoms with Crippen LogP contribution >= 0.6 is 35.3 Å². The highest BCUT2D eigenvalue weighted by Crippen LogP contribution is 2.18. The fourth-order valence-corrected chi connectivity index (χ4v) is 4.19. The maximum atomic E-state index is 11.2. The van der Waals surface area contributed by atoms with Crippen molar-refractivity contribution in [3.8, 4) is 0 Å². The van der Waals surface area contributed by atoms with Crippen LogP contribution in [0.4, 0.5) is 0 Å². The van der Waals surface area contributed by atoms with Gasteiger partial charge in [0.1, 0.15) is 0 Å². The van der Waals surface area contributed by atoms with Gasteiger partial charge in [-0.1, -0.05) is 6.92 Å². The van der Waals surface area contributed by atoms with Crippen molar-refractivity contribution < 1.29 is 4.79 Å². The number of nitrogens with zero attached hydrogens (tertiary/aromatic N) is 2. The fourth-order valence-electron chi connectivity index (χ4n) is 3.30. The monoisotopic (exact) mass is 521 g/mol. The number of halogens is 1. The molecule has 0 unspecified atom stereocenters. The van der Waals surface area contributed by atoms with Gasteiger partial charge < -0.3 is 21.3 Å². The molecular formula is C20H36IN5OS. The van der Waals surface area contributed by atoms with E-state index in [1.807, 2.05) is 11.3 Å². The van der Waals surface area contributed by atoms with Gasteiger partial charge in [0.05, 0.1) is 6.54 Å². The number of hydrogen-bond donors (Lipinski definition) is 3. The van der Waals surface area contributed by atoms with E-state index in [1.165, 1.54) is 9.75 Å². The number of aliphatic imine (C=N–C) groups is 1. The number of amides is 1. The summed E-state index contributed by atoms with van der Waals surface area (Å²) in [5, 5.41) is 6.75. The van der Waals surface area contributed by atoms with Crippen LogP contribution in [-0.4, -0.2) is 49.5 Å². The molecule has 1 amide bonds. The second-order valence-corrected chi connectivity index (χ2v) is 8.32. The third kappa shape index (κ3) is 9.09. The van der Waals surface area contributed by atoms with Crippen molar-refractivity contribution in [2.75, 3.05) is 32.7 Å². The van der Waals surface area contributed by atoms with Gasteiger partial charge in [0.2, 0.25) is 5.91 Å². The number of thiophene rings is 1. The maximum absolute atomic E-state index is 11.2. The van der Waals surface area contributed by atoms with Crippen LogP contribution in [0.25, 0.3) is 0 Å². The zero-order valence-corrected chi connectivity index (χ0v) is 20.4. The van der Waals surface area contributed by atoms with Crippen molar-refractivity contribution in [1.29, 1.82) is 0 Å². The molecular weight excluding hydrogens is 485 g/mol. The quantitative estimate of drug-likeness (QED) is 0.191. The van der Waals surface area contributed by atoms with Crippen molar-refractivity contribution >= 4 is 47.2 Å². The Balaban J connectivity index is 0.00000392. The average Bonchev–Trinajstić information content (AvgIpc) is 3.14. The standard InChI is InChI=1S/C20H35N5OS.HI/c1-3-17-7-8-18(27-17)15-24-20(22-4-2)23-11-5-6-12-25-13-9-16(10-14-25)19(21)26;/h7-8,16H,3-6,9-15H2,1-2H3,(H2,21,26)(H2,22,23,24);1H. The van der Waals surface area contributed by atoms with E-state index in [0.29, 0.717) is 0 Å². The van der Waals surface area contributed by atoms with Gasteiger partial charge in [0, 0.05) is 28.8 Å². The number of aryl methyl sites for hydroxylation is 1. The predicted molar refractivity (Wildman–Crippen MR) is 130 cm³/mol. The molecule has 2 heterocycles. The molecule has 4 N–H and O–H groups in total. The summed E-state index contributed by atoms with van der Waals surface area (Å²) >= 11 is 1.85. The second-order valence-electron chi connectivity index (χ2n) is 7.07. The van der Waals surface area contributed by atoms with Crippen LogP contribution in [0.15, 0.2) is 17.1 Å². The number of hydrogen-bond acceptors (Lipinski definition) is 4. The first-order valence-corrected chi connectivity index (χ1v) is 11.1. The van der Waals surface area contributed by atoms with Crippen molar-refractivity contribution in [3.05, 3.63) is 21.9 Å². The zero-order valence-electron chi connectivity index (χ0n) is 17.2. The maximum Gasteiger partial charge on any atom is 0.220 e. The largest absolute Gasteiger partial charge is 0.369 e. The van der Waals surface area contributed by atoms with E-state index < -0.39 is 0 Å². The summed E-state index contributed by atoms with van der Waals surface area (Å²) in [6.45, 7) is 9.87. The molecule has 2 rings (SSSR count). The highest BCUT2D eigenvalue weighted by atomic mass is 127. The highest BCUT2D eigenvalue weighted by Gasteiger charge is 2.22. The van der Waals surface area contributed by atoms with E-state index in [9.17, 15) is 4.79 Å². The smallest absolute Gasteiger partial charge is 0.220 e. The summed E-state index contributed by atoms with van der Waals surface area (Å²) in [7, 11) is 0. The van der Waals surface area contributed by atoms with Crippen LogP contribution in [0.1, 0.15) is 49.3 Å². The lowest BCUT2D eigenvalue weighted by molar-refractivity contribution is -0.123. The molecule has 0 radical (unpaired) electrons. The van der Waals surface area contributed by atoms with E-state index in [-0.39, 0.29) is 35.8 Å². The number of nitrogens with one attached hydrogen (secondary N) is 2. The Morgan fingerprint density at radius 2 is 1.93 bits per heavy atom. The van der Waals surface area contributed by atoms with Gasteiger partial charge in [0.25, 0.3) is 0 Å². The molecule has 160 valence electrons. The van der Waals surface area contributed by atoms with Crippen molar-refractivity contribution in [2.45, 2.75) is 52.5 Å². The number of piperidine rings is 1. The van der Waals surface area contributed by atoms with Gasteiger partial charge in [-0.25, -0.2) is 4.99 Å². The van der Waals surface area contributed by atoms with Gasteiger partial charge in [-0.05, 0) is 70.8 Å². The highest BCUT2D eigenvalue weighted by molar-refractivity contribution is 14.0. The molecule has 1 fully saturated rings. The van der Waals surface area contributed by atoms with Gasteiger partial charge in [0.15, 0.2) is 5.96 Å². The third-order valence-corrected chi connectivity index (χ3v) is 6.20. The van der Waals surface area contributed by atoms with Crippen LogP contribution in [0.5, 0.6) is 0 Å². The average molecular weight is 522 g/mol. The first-order chi connectivity index (χ1) is 13.1. The SMILES string of the molecule is CCNC(=NCc1ccc(CC)s1)NCCCCN1CCC(C(N)=O)CC1.I. The van der Waals surface area contributed by atoms with E-state index in [1.54, 1.807) is 0 Å². The van der Waals surface area contributed by atoms with Crippen molar-refractivity contribution in [3.63, 3.8) is 0 Å². The molecule has 0 atom stereocenters. The molecule has 28 heavy (non-hydrogen) atoms. The van der Waals surface area contributed by atoms with Gasteiger partial charge in [-0.2, -0.15) is 0 Å². The first-order valence-electron chi connectivity index (χ1n) is 10.2. The third-order valence-electron chi connectivity index (χ3n) is 4.99. The number of primary amides is 1. The molecule has 0 saturated carbocycles. The molecule has 1 aromatic heterocycles. The molecule has 1 saturated heterocycles. The Morgan fingerprint density at radius 3 is 2.54 bits per heavy atom. The first kappa shape index (κ1) is 25.2. The molecule has 6 nitrogen and oxygen atoms in total. The molecule has 0 bridgehead atoms. The number of carbonyl (C=O) groups excluding carboxylic acids is 1. The Morgan fingerprint density at radius 1 is 1.21 bits per heavy atom. The van der Waals surface area contributed by atoms with Crippen LogP contribution in [0.2, 0.25) is 0 Å². The molecule has 1 aliphatic heterocycles. The number of guanidine groups is 1. The van der Waals surface area contributed by atoms with E-state index >= 15 is 0 Å². The molecule has 1 aromatic rings. The Hall–Kier alpha value is -0.870. The number of unbranched alkanes of at least 4 members (excludes halogenated alkanes) is 1. The lowest BCUT2D eigenvalue weighted by Gasteiger charge is -2.30. The zero-order chi connectivity index (χ0) is 19.5. The lowest BCUT2D eigenvalue weighted by Crippen LogP contribution is -2.39. The molecule has 1 aliphatic rings. The minimum atomic E-state index is -0.137. The Bertz CT molecular complexity index is 599. The van der Waals surface area contributed by atoms with Crippen LogP contribution in [-0.2, 0) is 17.8 Å². The summed E-state index contributed by atoms with van der Waals surface area (Å²) in [5.74, 6) is 0.840. The number of rotatable bonds is 10. The van der Waals surface area contributed by atoms with E-state index in [2.05, 4.69) is 41.5 Å². The normalized spacial score (nSPS) is 15.9. The number of likely N-dealkylation sites (tertiary alicyclic amines) is 1. The molecule has 0 aliphatic carbocycles.